The monoisotopic (exact) mass is 399 g/mol. The molecule has 0 radical (unpaired) electrons. The zero-order valence-electron chi connectivity index (χ0n) is 15.6. The number of hydrogen-bond acceptors (Lipinski definition) is 5. The second-order valence-electron chi connectivity index (χ2n) is 6.79. The van der Waals surface area contributed by atoms with E-state index in [0.29, 0.717) is 28.3 Å². The molecule has 1 amide bonds. The van der Waals surface area contributed by atoms with E-state index >= 15 is 0 Å². The van der Waals surface area contributed by atoms with Crippen LogP contribution in [0.5, 0.6) is 5.75 Å². The number of aryl methyl sites for hydroxylation is 2. The second-order valence-corrected chi connectivity index (χ2v) is 7.88. The Morgan fingerprint density at radius 3 is 2.57 bits per heavy atom. The molecule has 4 rings (SSSR count). The van der Waals surface area contributed by atoms with E-state index in [1.807, 2.05) is 6.92 Å². The van der Waals surface area contributed by atoms with Crippen molar-refractivity contribution < 1.29 is 9.53 Å². The molecule has 0 unspecified atom stereocenters. The third-order valence-electron chi connectivity index (χ3n) is 4.96. The lowest BCUT2D eigenvalue weighted by atomic mass is 9.97. The van der Waals surface area contributed by atoms with Crippen LogP contribution in [0.3, 0.4) is 0 Å². The number of amides is 1. The van der Waals surface area contributed by atoms with Gasteiger partial charge in [-0.1, -0.05) is 0 Å². The molecule has 2 heterocycles. The number of hydrogen-bond donors (Lipinski definition) is 1. The lowest BCUT2D eigenvalue weighted by Gasteiger charge is -2.13. The summed E-state index contributed by atoms with van der Waals surface area (Å²) < 4.78 is 7.89. The smallest absolute Gasteiger partial charge is 0.337 e. The van der Waals surface area contributed by atoms with Crippen LogP contribution in [0.2, 0.25) is 0 Å². The van der Waals surface area contributed by atoms with E-state index in [2.05, 4.69) is 0 Å². The van der Waals surface area contributed by atoms with Crippen molar-refractivity contribution in [2.45, 2.75) is 39.2 Å². The molecule has 0 fully saturated rings. The first-order valence-corrected chi connectivity index (χ1v) is 10.1. The van der Waals surface area contributed by atoms with Crippen LogP contribution in [-0.2, 0) is 24.2 Å². The minimum absolute atomic E-state index is 0.258. The molecule has 1 aromatic carbocycles. The molecule has 3 aromatic rings. The van der Waals surface area contributed by atoms with E-state index in [1.54, 1.807) is 24.3 Å². The van der Waals surface area contributed by atoms with E-state index in [-0.39, 0.29) is 12.1 Å². The molecular weight excluding hydrogens is 378 g/mol. The molecule has 0 bridgehead atoms. The number of thiophene rings is 1. The summed E-state index contributed by atoms with van der Waals surface area (Å²) in [5.41, 5.74) is 5.94. The largest absolute Gasteiger partial charge is 0.494 e. The highest BCUT2D eigenvalue weighted by Crippen LogP contribution is 2.34. The van der Waals surface area contributed by atoms with Gasteiger partial charge in [0.05, 0.1) is 17.7 Å². The van der Waals surface area contributed by atoms with Crippen LogP contribution < -0.4 is 21.7 Å². The van der Waals surface area contributed by atoms with Crippen molar-refractivity contribution in [3.63, 3.8) is 0 Å². The van der Waals surface area contributed by atoms with Gasteiger partial charge in [-0.25, -0.2) is 9.36 Å². The van der Waals surface area contributed by atoms with Crippen molar-refractivity contribution in [3.05, 3.63) is 55.5 Å². The molecule has 2 N–H and O–H groups in total. The maximum atomic E-state index is 13.3. The molecule has 7 nitrogen and oxygen atoms in total. The summed E-state index contributed by atoms with van der Waals surface area (Å²) in [5, 5.41) is 0.537. The summed E-state index contributed by atoms with van der Waals surface area (Å²) >= 11 is 1.43. The van der Waals surface area contributed by atoms with E-state index in [4.69, 9.17) is 10.5 Å². The minimum atomic E-state index is -0.619. The first-order chi connectivity index (χ1) is 13.5. The molecule has 0 aliphatic heterocycles. The predicted octanol–water partition coefficient (Wildman–Crippen LogP) is 1.98. The molecule has 8 heteroatoms. The van der Waals surface area contributed by atoms with Crippen molar-refractivity contribution >= 4 is 27.5 Å². The number of carbonyl (C=O) groups is 1. The summed E-state index contributed by atoms with van der Waals surface area (Å²) in [6.45, 7) is 2.15. The van der Waals surface area contributed by atoms with Crippen LogP contribution in [0, 0.1) is 0 Å². The molecule has 146 valence electrons. The Balaban J connectivity index is 2.01. The molecule has 1 aliphatic carbocycles. The van der Waals surface area contributed by atoms with Gasteiger partial charge < -0.3 is 10.5 Å². The van der Waals surface area contributed by atoms with Gasteiger partial charge in [-0.15, -0.1) is 11.3 Å². The van der Waals surface area contributed by atoms with Crippen LogP contribution in [0.1, 0.15) is 30.2 Å². The topological polar surface area (TPSA) is 96.3 Å². The lowest BCUT2D eigenvalue weighted by Crippen LogP contribution is -2.40. The van der Waals surface area contributed by atoms with Gasteiger partial charge in [-0.2, -0.15) is 0 Å². The highest BCUT2D eigenvalue weighted by molar-refractivity contribution is 7.18. The summed E-state index contributed by atoms with van der Waals surface area (Å²) in [6, 6.07) is 6.78. The summed E-state index contributed by atoms with van der Waals surface area (Å²) in [6.07, 6.45) is 3.77. The standard InChI is InChI=1S/C20H21N3O4S/c1-2-27-13-9-7-12(8-10-13)23-18(25)17-14-5-3-4-6-15(14)28-19(17)22(20(23)26)11-16(21)24/h7-10H,2-6,11H2,1H3,(H2,21,24). The molecule has 0 saturated carbocycles. The SMILES string of the molecule is CCOc1ccc(-n2c(=O)c3c4c(sc3n(CC(N)=O)c2=O)CCCC4)cc1. The number of benzene rings is 1. The fourth-order valence-electron chi connectivity index (χ4n) is 3.75. The zero-order chi connectivity index (χ0) is 19.8. The second kappa shape index (κ2) is 7.27. The van der Waals surface area contributed by atoms with Gasteiger partial charge in [0, 0.05) is 4.88 Å². The van der Waals surface area contributed by atoms with E-state index in [0.717, 1.165) is 40.7 Å². The fourth-order valence-corrected chi connectivity index (χ4v) is 5.12. The minimum Gasteiger partial charge on any atom is -0.494 e. The molecule has 2 aromatic heterocycles. The zero-order valence-corrected chi connectivity index (χ0v) is 16.4. The number of nitrogens with zero attached hydrogens (tertiary/aromatic N) is 2. The van der Waals surface area contributed by atoms with Crippen molar-refractivity contribution in [1.82, 2.24) is 9.13 Å². The summed E-state index contributed by atoms with van der Waals surface area (Å²) in [7, 11) is 0. The van der Waals surface area contributed by atoms with Crippen LogP contribution in [0.25, 0.3) is 15.9 Å². The first-order valence-electron chi connectivity index (χ1n) is 9.33. The number of rotatable bonds is 5. The predicted molar refractivity (Wildman–Crippen MR) is 109 cm³/mol. The van der Waals surface area contributed by atoms with Crippen molar-refractivity contribution in [2.75, 3.05) is 6.61 Å². The maximum absolute atomic E-state index is 13.3. The first kappa shape index (κ1) is 18.5. The van der Waals surface area contributed by atoms with Gasteiger partial charge in [0.1, 0.15) is 17.1 Å². The number of fused-ring (bicyclic) bond motifs is 3. The van der Waals surface area contributed by atoms with Crippen LogP contribution in [0.15, 0.2) is 33.9 Å². The van der Waals surface area contributed by atoms with Crippen molar-refractivity contribution in [1.29, 1.82) is 0 Å². The molecule has 0 atom stereocenters. The Hall–Kier alpha value is -2.87. The lowest BCUT2D eigenvalue weighted by molar-refractivity contribution is -0.118. The van der Waals surface area contributed by atoms with Gasteiger partial charge in [0.2, 0.25) is 5.91 Å². The average Bonchev–Trinajstić information content (AvgIpc) is 3.06. The maximum Gasteiger partial charge on any atom is 0.337 e. The molecule has 0 spiro atoms. The number of aromatic nitrogens is 2. The molecule has 28 heavy (non-hydrogen) atoms. The van der Waals surface area contributed by atoms with Gasteiger partial charge in [0.15, 0.2) is 0 Å². The Bertz CT molecular complexity index is 1170. The fraction of sp³-hybridized carbons (Fsp3) is 0.350. The van der Waals surface area contributed by atoms with Gasteiger partial charge in [0.25, 0.3) is 5.56 Å². The van der Waals surface area contributed by atoms with Gasteiger partial charge in [-0.3, -0.25) is 14.2 Å². The number of ether oxygens (including phenoxy) is 1. The Kier molecular flexibility index (Phi) is 4.80. The van der Waals surface area contributed by atoms with Gasteiger partial charge >= 0.3 is 5.69 Å². The van der Waals surface area contributed by atoms with E-state index in [9.17, 15) is 14.4 Å². The highest BCUT2D eigenvalue weighted by Gasteiger charge is 2.24. The summed E-state index contributed by atoms with van der Waals surface area (Å²) in [5.74, 6) is 0.0393. The van der Waals surface area contributed by atoms with Crippen LogP contribution in [0.4, 0.5) is 0 Å². The summed E-state index contributed by atoms with van der Waals surface area (Å²) in [4.78, 5) is 39.8. The van der Waals surface area contributed by atoms with Crippen LogP contribution in [-0.4, -0.2) is 21.6 Å². The molecule has 1 aliphatic rings. The normalized spacial score (nSPS) is 13.5. The Morgan fingerprint density at radius 2 is 1.89 bits per heavy atom. The Morgan fingerprint density at radius 1 is 1.18 bits per heavy atom. The molecular formula is C20H21N3O4S. The van der Waals surface area contributed by atoms with E-state index in [1.165, 1.54) is 15.9 Å². The Labute approximate surface area is 165 Å². The third kappa shape index (κ3) is 3.03. The van der Waals surface area contributed by atoms with Gasteiger partial charge in [-0.05, 0) is 62.4 Å². The molecule has 0 saturated heterocycles. The highest BCUT2D eigenvalue weighted by atomic mass is 32.1. The van der Waals surface area contributed by atoms with Crippen molar-refractivity contribution in [2.24, 2.45) is 5.73 Å². The number of nitrogens with two attached hydrogens (primary N) is 1. The van der Waals surface area contributed by atoms with Crippen LogP contribution >= 0.6 is 11.3 Å². The number of primary amides is 1. The quantitative estimate of drug-likeness (QED) is 0.709. The average molecular weight is 399 g/mol. The number of carbonyl (C=O) groups excluding carboxylic acids is 1. The van der Waals surface area contributed by atoms with E-state index < -0.39 is 11.6 Å². The van der Waals surface area contributed by atoms with Crippen molar-refractivity contribution in [3.8, 4) is 11.4 Å². The third-order valence-corrected chi connectivity index (χ3v) is 6.27.